The van der Waals surface area contributed by atoms with Crippen molar-refractivity contribution in [2.45, 2.75) is 45.8 Å². The molecule has 1 aromatic carbocycles. The number of ether oxygens (including phenoxy) is 1. The monoisotopic (exact) mass is 409 g/mol. The molecule has 0 aromatic heterocycles. The van der Waals surface area contributed by atoms with Crippen molar-refractivity contribution in [3.8, 4) is 0 Å². The van der Waals surface area contributed by atoms with Crippen LogP contribution in [0.3, 0.4) is 0 Å². The Balaban J connectivity index is 1.58. The number of carbonyl (C=O) groups is 2. The van der Waals surface area contributed by atoms with Gasteiger partial charge in [-0.1, -0.05) is 23.7 Å². The number of nitrogens with one attached hydrogen (secondary N) is 2. The number of amides is 2. The number of benzene rings is 1. The van der Waals surface area contributed by atoms with Gasteiger partial charge >= 0.3 is 0 Å². The Labute approximate surface area is 172 Å². The Kier molecular flexibility index (Phi) is 9.75. The normalized spacial score (nSPS) is 15.6. The largest absolute Gasteiger partial charge is 0.379 e. The van der Waals surface area contributed by atoms with E-state index in [0.29, 0.717) is 31.3 Å². The van der Waals surface area contributed by atoms with Crippen molar-refractivity contribution >= 4 is 23.4 Å². The van der Waals surface area contributed by atoms with E-state index in [2.05, 4.69) is 15.5 Å². The van der Waals surface area contributed by atoms with Crippen LogP contribution in [0, 0.1) is 5.92 Å². The lowest BCUT2D eigenvalue weighted by molar-refractivity contribution is -0.126. The van der Waals surface area contributed by atoms with Crippen LogP contribution in [0.1, 0.15) is 38.7 Å². The van der Waals surface area contributed by atoms with E-state index >= 15 is 0 Å². The van der Waals surface area contributed by atoms with E-state index in [0.717, 1.165) is 37.9 Å². The predicted octanol–water partition coefficient (Wildman–Crippen LogP) is 2.60. The second kappa shape index (κ2) is 12.0. The van der Waals surface area contributed by atoms with Crippen LogP contribution in [-0.4, -0.2) is 55.6 Å². The molecule has 28 heavy (non-hydrogen) atoms. The number of halogens is 1. The van der Waals surface area contributed by atoms with Gasteiger partial charge in [-0.25, -0.2) is 0 Å². The van der Waals surface area contributed by atoms with Crippen molar-refractivity contribution in [2.24, 2.45) is 5.92 Å². The first-order chi connectivity index (χ1) is 13.4. The average molecular weight is 410 g/mol. The highest BCUT2D eigenvalue weighted by molar-refractivity contribution is 6.30. The number of carbonyl (C=O) groups excluding carboxylic acids is 2. The van der Waals surface area contributed by atoms with E-state index in [-0.39, 0.29) is 23.8 Å². The minimum atomic E-state index is 0.00278. The maximum absolute atomic E-state index is 12.2. The van der Waals surface area contributed by atoms with Crippen molar-refractivity contribution in [1.29, 1.82) is 0 Å². The van der Waals surface area contributed by atoms with Crippen molar-refractivity contribution in [2.75, 3.05) is 32.8 Å². The summed E-state index contributed by atoms with van der Waals surface area (Å²) >= 11 is 5.86. The van der Waals surface area contributed by atoms with E-state index in [4.69, 9.17) is 16.3 Å². The van der Waals surface area contributed by atoms with Crippen molar-refractivity contribution in [1.82, 2.24) is 15.5 Å². The van der Waals surface area contributed by atoms with Gasteiger partial charge in [0.15, 0.2) is 0 Å². The molecule has 1 aliphatic rings. The zero-order valence-corrected chi connectivity index (χ0v) is 17.6. The molecule has 0 bridgehead atoms. The van der Waals surface area contributed by atoms with E-state index in [1.54, 1.807) is 0 Å². The predicted molar refractivity (Wildman–Crippen MR) is 111 cm³/mol. The van der Waals surface area contributed by atoms with Gasteiger partial charge in [0, 0.05) is 30.6 Å². The average Bonchev–Trinajstić information content (AvgIpc) is 2.67. The third kappa shape index (κ3) is 8.59. The van der Waals surface area contributed by atoms with Gasteiger partial charge in [0.2, 0.25) is 11.8 Å². The van der Waals surface area contributed by atoms with Gasteiger partial charge in [0.1, 0.15) is 0 Å². The Morgan fingerprint density at radius 2 is 1.86 bits per heavy atom. The number of likely N-dealkylation sites (tertiary alicyclic amines) is 1. The van der Waals surface area contributed by atoms with Gasteiger partial charge in [-0.3, -0.25) is 14.5 Å². The first-order valence-electron chi connectivity index (χ1n) is 10.1. The van der Waals surface area contributed by atoms with E-state index in [1.165, 1.54) is 0 Å². The molecule has 1 saturated heterocycles. The zero-order chi connectivity index (χ0) is 20.4. The highest BCUT2D eigenvalue weighted by atomic mass is 35.5. The number of hydrogen-bond donors (Lipinski definition) is 2. The molecule has 0 radical (unpaired) electrons. The second-order valence-electron chi connectivity index (χ2n) is 7.52. The molecule has 2 rings (SSSR count). The molecule has 1 aromatic rings. The molecule has 156 valence electrons. The van der Waals surface area contributed by atoms with Crippen molar-refractivity contribution < 1.29 is 14.3 Å². The summed E-state index contributed by atoms with van der Waals surface area (Å²) in [6.45, 7) is 7.73. The minimum absolute atomic E-state index is 0.00278. The number of nitrogens with zero attached hydrogens (tertiary/aromatic N) is 1. The molecule has 2 N–H and O–H groups in total. The minimum Gasteiger partial charge on any atom is -0.379 e. The van der Waals surface area contributed by atoms with E-state index in [1.807, 2.05) is 38.1 Å². The quantitative estimate of drug-likeness (QED) is 0.583. The van der Waals surface area contributed by atoms with E-state index in [9.17, 15) is 9.59 Å². The van der Waals surface area contributed by atoms with Crippen LogP contribution in [0.2, 0.25) is 5.02 Å². The summed E-state index contributed by atoms with van der Waals surface area (Å²) in [7, 11) is 0. The fourth-order valence-corrected chi connectivity index (χ4v) is 3.29. The van der Waals surface area contributed by atoms with Crippen LogP contribution in [0.4, 0.5) is 0 Å². The lowest BCUT2D eigenvalue weighted by atomic mass is 9.96. The Hall–Kier alpha value is -1.63. The maximum atomic E-state index is 12.2. The van der Waals surface area contributed by atoms with Crippen LogP contribution < -0.4 is 10.6 Å². The molecule has 0 spiro atoms. The third-order valence-electron chi connectivity index (χ3n) is 4.80. The molecule has 1 heterocycles. The molecule has 7 heteroatoms. The topological polar surface area (TPSA) is 70.7 Å². The van der Waals surface area contributed by atoms with Gasteiger partial charge in [-0.05, 0) is 63.9 Å². The molecule has 0 aliphatic carbocycles. The SMILES string of the molecule is CC(C)OCCCNC(=O)C1CCN(CC(=O)NCc2ccc(Cl)cc2)CC1. The first-order valence-corrected chi connectivity index (χ1v) is 10.4. The number of piperidine rings is 1. The van der Waals surface area contributed by atoms with Gasteiger partial charge in [0.05, 0.1) is 12.6 Å². The molecular weight excluding hydrogens is 378 g/mol. The Morgan fingerprint density at radius 1 is 1.18 bits per heavy atom. The summed E-state index contributed by atoms with van der Waals surface area (Å²) in [4.78, 5) is 26.5. The van der Waals surface area contributed by atoms with Gasteiger partial charge in [-0.15, -0.1) is 0 Å². The Morgan fingerprint density at radius 3 is 2.50 bits per heavy atom. The summed E-state index contributed by atoms with van der Waals surface area (Å²) in [6.07, 6.45) is 2.64. The van der Waals surface area contributed by atoms with Crippen molar-refractivity contribution in [3.63, 3.8) is 0 Å². The first kappa shape index (κ1) is 22.7. The summed E-state index contributed by atoms with van der Waals surface area (Å²) in [5.41, 5.74) is 1.02. The number of rotatable bonds is 10. The standard InChI is InChI=1S/C21H32ClN3O3/c1-16(2)28-13-3-10-23-21(27)18-8-11-25(12-9-18)15-20(26)24-14-17-4-6-19(22)7-5-17/h4-7,16,18H,3,8-15H2,1-2H3,(H,23,27)(H,24,26). The van der Waals surface area contributed by atoms with Crippen LogP contribution >= 0.6 is 11.6 Å². The molecule has 0 atom stereocenters. The molecule has 0 unspecified atom stereocenters. The molecule has 1 fully saturated rings. The summed E-state index contributed by atoms with van der Waals surface area (Å²) in [5, 5.41) is 6.62. The van der Waals surface area contributed by atoms with Gasteiger partial charge in [0.25, 0.3) is 0 Å². The van der Waals surface area contributed by atoms with E-state index < -0.39 is 0 Å². The smallest absolute Gasteiger partial charge is 0.234 e. The summed E-state index contributed by atoms with van der Waals surface area (Å²) in [6, 6.07) is 7.44. The van der Waals surface area contributed by atoms with Gasteiger partial charge in [-0.2, -0.15) is 0 Å². The highest BCUT2D eigenvalue weighted by Gasteiger charge is 2.25. The fraction of sp³-hybridized carbons (Fsp3) is 0.619. The number of hydrogen-bond acceptors (Lipinski definition) is 4. The zero-order valence-electron chi connectivity index (χ0n) is 16.9. The maximum Gasteiger partial charge on any atom is 0.234 e. The summed E-state index contributed by atoms with van der Waals surface area (Å²) in [5.74, 6) is 0.166. The lowest BCUT2D eigenvalue weighted by Crippen LogP contribution is -2.44. The highest BCUT2D eigenvalue weighted by Crippen LogP contribution is 2.17. The molecule has 6 nitrogen and oxygen atoms in total. The van der Waals surface area contributed by atoms with Crippen LogP contribution in [0.5, 0.6) is 0 Å². The summed E-state index contributed by atoms with van der Waals surface area (Å²) < 4.78 is 5.47. The second-order valence-corrected chi connectivity index (χ2v) is 7.95. The van der Waals surface area contributed by atoms with Gasteiger partial charge < -0.3 is 15.4 Å². The molecule has 0 saturated carbocycles. The lowest BCUT2D eigenvalue weighted by Gasteiger charge is -2.30. The van der Waals surface area contributed by atoms with Crippen molar-refractivity contribution in [3.05, 3.63) is 34.9 Å². The third-order valence-corrected chi connectivity index (χ3v) is 5.05. The fourth-order valence-electron chi connectivity index (χ4n) is 3.16. The van der Waals surface area contributed by atoms with Crippen LogP contribution in [0.25, 0.3) is 0 Å². The van der Waals surface area contributed by atoms with Crippen LogP contribution in [0.15, 0.2) is 24.3 Å². The van der Waals surface area contributed by atoms with Crippen LogP contribution in [-0.2, 0) is 20.9 Å². The molecule has 1 aliphatic heterocycles. The molecular formula is C21H32ClN3O3. The molecule has 2 amide bonds. The Bertz CT molecular complexity index is 614.